The van der Waals surface area contributed by atoms with Crippen molar-refractivity contribution in [3.8, 4) is 0 Å². The minimum Gasteiger partial charge on any atom is -0.391 e. The first-order chi connectivity index (χ1) is 4.04. The second-order valence-corrected chi connectivity index (χ2v) is 3.46. The van der Waals surface area contributed by atoms with Crippen LogP contribution in [0.15, 0.2) is 0 Å². The summed E-state index contributed by atoms with van der Waals surface area (Å²) in [5.74, 6) is 0. The van der Waals surface area contributed by atoms with Crippen LogP contribution in [-0.4, -0.2) is 17.3 Å². The zero-order valence-electron chi connectivity index (χ0n) is 5.31. The summed E-state index contributed by atoms with van der Waals surface area (Å²) in [4.78, 5) is 0. The quantitative estimate of drug-likeness (QED) is 0.495. The normalized spacial score (nSPS) is 18.9. The smallest absolute Gasteiger partial charge is 0.391 e. The lowest BCUT2D eigenvalue weighted by molar-refractivity contribution is 0.0681. The molecule has 0 fully saturated rings. The molecular weight excluding hydrogens is 159 g/mol. The molecule has 54 valence electrons. The van der Waals surface area contributed by atoms with Crippen LogP contribution in [0, 0.1) is 0 Å². The fraction of sp³-hybridized carbons (Fsp3) is 1.00. The number of hydrogen-bond donors (Lipinski definition) is 2. The standard InChI is InChI=1S/C4H9O3PS/c1-3(5)4(2)7-8(6)9/h3-5H,1-2H3/p+1. The second kappa shape index (κ2) is 4.23. The molecule has 3 unspecified atom stereocenters. The van der Waals surface area contributed by atoms with E-state index >= 15 is 0 Å². The molecule has 0 aromatic heterocycles. The van der Waals surface area contributed by atoms with Gasteiger partial charge in [-0.3, -0.25) is 0 Å². The van der Waals surface area contributed by atoms with Crippen LogP contribution in [0.1, 0.15) is 13.8 Å². The molecule has 0 rings (SSSR count). The third-order valence-electron chi connectivity index (χ3n) is 0.936. The number of aliphatic hydroxyl groups is 1. The predicted molar refractivity (Wildman–Crippen MR) is 38.8 cm³/mol. The van der Waals surface area contributed by atoms with Crippen LogP contribution >= 0.6 is 19.5 Å². The topological polar surface area (TPSA) is 46.5 Å². The van der Waals surface area contributed by atoms with Gasteiger partial charge < -0.3 is 5.11 Å². The Bertz CT molecular complexity index is 106. The van der Waals surface area contributed by atoms with Gasteiger partial charge in [-0.25, -0.2) is 0 Å². The lowest BCUT2D eigenvalue weighted by Crippen LogP contribution is -2.19. The molecule has 0 aliphatic carbocycles. The Labute approximate surface area is 60.4 Å². The number of rotatable bonds is 3. The maximum Gasteiger partial charge on any atom is 0.582 e. The van der Waals surface area contributed by atoms with E-state index in [1.165, 1.54) is 0 Å². The van der Waals surface area contributed by atoms with Gasteiger partial charge in [0.1, 0.15) is 18.4 Å². The highest BCUT2D eigenvalue weighted by Gasteiger charge is 2.20. The van der Waals surface area contributed by atoms with Crippen molar-refractivity contribution in [2.45, 2.75) is 26.1 Å². The number of hydrogen-bond acceptors (Lipinski definition) is 3. The molecule has 0 spiro atoms. The van der Waals surface area contributed by atoms with E-state index in [0.717, 1.165) is 0 Å². The lowest BCUT2D eigenvalue weighted by atomic mass is 10.3. The van der Waals surface area contributed by atoms with Crippen LogP contribution in [-0.2, 0) is 9.09 Å². The Morgan fingerprint density at radius 3 is 2.22 bits per heavy atom. The summed E-state index contributed by atoms with van der Waals surface area (Å²) in [6, 6.07) is 0. The first-order valence-electron chi connectivity index (χ1n) is 2.55. The summed E-state index contributed by atoms with van der Waals surface area (Å²) in [5.41, 5.74) is 0. The van der Waals surface area contributed by atoms with Gasteiger partial charge in [0.2, 0.25) is 0 Å². The average molecular weight is 169 g/mol. The average Bonchev–Trinajstić information content (AvgIpc) is 1.63. The van der Waals surface area contributed by atoms with Crippen LogP contribution in [0.3, 0.4) is 0 Å². The molecule has 0 aromatic rings. The van der Waals surface area contributed by atoms with Gasteiger partial charge in [-0.2, -0.15) is 0 Å². The number of thiol groups is 1. The minimum atomic E-state index is -1.89. The molecule has 0 saturated carbocycles. The minimum absolute atomic E-state index is 0.411. The Kier molecular flexibility index (Phi) is 4.40. The van der Waals surface area contributed by atoms with Crippen molar-refractivity contribution in [3.05, 3.63) is 0 Å². The second-order valence-electron chi connectivity index (χ2n) is 1.79. The lowest BCUT2D eigenvalue weighted by Gasteiger charge is -2.05. The van der Waals surface area contributed by atoms with Crippen LogP contribution < -0.4 is 0 Å². The van der Waals surface area contributed by atoms with E-state index in [9.17, 15) is 4.57 Å². The van der Waals surface area contributed by atoms with E-state index in [-0.39, 0.29) is 0 Å². The largest absolute Gasteiger partial charge is 0.582 e. The molecule has 5 heteroatoms. The van der Waals surface area contributed by atoms with Crippen molar-refractivity contribution in [1.82, 2.24) is 0 Å². The summed E-state index contributed by atoms with van der Waals surface area (Å²) in [6.45, 7) is 3.20. The van der Waals surface area contributed by atoms with E-state index in [1.807, 2.05) is 0 Å². The highest BCUT2D eigenvalue weighted by molar-refractivity contribution is 8.39. The van der Waals surface area contributed by atoms with Gasteiger partial charge in [0.25, 0.3) is 0 Å². The highest BCUT2D eigenvalue weighted by atomic mass is 32.7. The molecule has 0 heterocycles. The maximum absolute atomic E-state index is 10.2. The molecule has 3 nitrogen and oxygen atoms in total. The number of aliphatic hydroxyl groups excluding tert-OH is 1. The molecule has 0 aliphatic heterocycles. The molecule has 0 bridgehead atoms. The van der Waals surface area contributed by atoms with E-state index in [1.54, 1.807) is 13.8 Å². The van der Waals surface area contributed by atoms with Crippen LogP contribution in [0.4, 0.5) is 0 Å². The monoisotopic (exact) mass is 169 g/mol. The maximum atomic E-state index is 10.2. The molecule has 0 saturated heterocycles. The van der Waals surface area contributed by atoms with E-state index < -0.39 is 19.4 Å². The Hall–Kier alpha value is 0.370. The van der Waals surface area contributed by atoms with Gasteiger partial charge in [-0.15, -0.1) is 4.52 Å². The van der Waals surface area contributed by atoms with E-state index in [4.69, 9.17) is 5.11 Å². The molecular formula is C4H10O3PS+. The van der Waals surface area contributed by atoms with Crippen molar-refractivity contribution in [2.75, 3.05) is 0 Å². The zero-order valence-corrected chi connectivity index (χ0v) is 7.10. The van der Waals surface area contributed by atoms with Crippen molar-refractivity contribution < 1.29 is 14.2 Å². The first kappa shape index (κ1) is 9.37. The molecule has 3 atom stereocenters. The highest BCUT2D eigenvalue weighted by Crippen LogP contribution is 2.29. The van der Waals surface area contributed by atoms with Gasteiger partial charge in [-0.05, 0) is 18.4 Å². The molecule has 1 N–H and O–H groups in total. The fourth-order valence-electron chi connectivity index (χ4n) is 0.230. The van der Waals surface area contributed by atoms with Crippen molar-refractivity contribution in [3.63, 3.8) is 0 Å². The van der Waals surface area contributed by atoms with Crippen molar-refractivity contribution in [1.29, 1.82) is 0 Å². The van der Waals surface area contributed by atoms with Gasteiger partial charge in [0.05, 0.1) is 6.10 Å². The van der Waals surface area contributed by atoms with Crippen molar-refractivity contribution in [2.24, 2.45) is 0 Å². The zero-order chi connectivity index (χ0) is 7.44. The Morgan fingerprint density at radius 2 is 2.11 bits per heavy atom. The Morgan fingerprint density at radius 1 is 1.67 bits per heavy atom. The third kappa shape index (κ3) is 4.85. The third-order valence-corrected chi connectivity index (χ3v) is 1.73. The molecule has 9 heavy (non-hydrogen) atoms. The van der Waals surface area contributed by atoms with Crippen LogP contribution in [0.2, 0.25) is 0 Å². The van der Waals surface area contributed by atoms with Crippen molar-refractivity contribution >= 4 is 19.5 Å². The first-order valence-corrected chi connectivity index (χ1v) is 4.88. The van der Waals surface area contributed by atoms with Gasteiger partial charge in [-0.1, -0.05) is 0 Å². The van der Waals surface area contributed by atoms with Crippen LogP contribution in [0.25, 0.3) is 0 Å². The molecule has 0 aromatic carbocycles. The van der Waals surface area contributed by atoms with Gasteiger partial charge in [0.15, 0.2) is 0 Å². The summed E-state index contributed by atoms with van der Waals surface area (Å²) >= 11 is 3.51. The summed E-state index contributed by atoms with van der Waals surface area (Å²) in [7, 11) is -1.89. The molecule has 0 aliphatic rings. The predicted octanol–water partition coefficient (Wildman–Crippen LogP) is 1.36. The van der Waals surface area contributed by atoms with E-state index in [0.29, 0.717) is 0 Å². The molecule has 0 amide bonds. The van der Waals surface area contributed by atoms with Gasteiger partial charge in [0, 0.05) is 0 Å². The fourth-order valence-corrected chi connectivity index (χ4v) is 1.14. The van der Waals surface area contributed by atoms with Gasteiger partial charge >= 0.3 is 7.23 Å². The Balaban J connectivity index is 3.50. The van der Waals surface area contributed by atoms with Crippen LogP contribution in [0.5, 0.6) is 0 Å². The summed E-state index contributed by atoms with van der Waals surface area (Å²) in [5, 5.41) is 8.78. The van der Waals surface area contributed by atoms with E-state index in [2.05, 4.69) is 16.8 Å². The molecule has 0 radical (unpaired) electrons. The summed E-state index contributed by atoms with van der Waals surface area (Å²) in [6.07, 6.45) is -1.01. The summed E-state index contributed by atoms with van der Waals surface area (Å²) < 4.78 is 14.9. The SMILES string of the molecule is CC(O)C(C)O[P+](=O)S.